The van der Waals surface area contributed by atoms with Crippen molar-refractivity contribution in [2.75, 3.05) is 5.32 Å². The third-order valence-electron chi connectivity index (χ3n) is 3.31. The maximum Gasteiger partial charge on any atom is 0.191 e. The molecule has 3 rings (SSSR count). The van der Waals surface area contributed by atoms with Crippen LogP contribution in [0.4, 0.5) is 15.9 Å². The molecule has 0 fully saturated rings. The largest absolute Gasteiger partial charge is 0.489 e. The van der Waals surface area contributed by atoms with Gasteiger partial charge in [0.2, 0.25) is 0 Å². The van der Waals surface area contributed by atoms with Crippen molar-refractivity contribution in [2.24, 2.45) is 0 Å². The smallest absolute Gasteiger partial charge is 0.191 e. The van der Waals surface area contributed by atoms with Crippen molar-refractivity contribution in [3.8, 4) is 5.75 Å². The Hall–Kier alpha value is -2.61. The maximum absolute atomic E-state index is 13.5. The normalized spacial score (nSPS) is 11.1. The van der Waals surface area contributed by atoms with Gasteiger partial charge in [-0.05, 0) is 26.0 Å². The van der Waals surface area contributed by atoms with Crippen molar-refractivity contribution in [3.05, 3.63) is 35.4 Å². The van der Waals surface area contributed by atoms with Gasteiger partial charge in [0, 0.05) is 12.5 Å². The van der Waals surface area contributed by atoms with Crippen LogP contribution in [-0.4, -0.2) is 26.8 Å². The molecule has 1 N–H and O–H groups in total. The Balaban J connectivity index is 2.01. The minimum absolute atomic E-state index is 0.0421. The zero-order valence-electron chi connectivity index (χ0n) is 14.0. The van der Waals surface area contributed by atoms with E-state index in [9.17, 15) is 9.18 Å². The first kappa shape index (κ1) is 17.2. The van der Waals surface area contributed by atoms with E-state index in [4.69, 9.17) is 4.74 Å². The Bertz CT molecular complexity index is 926. The van der Waals surface area contributed by atoms with Crippen molar-refractivity contribution < 1.29 is 13.9 Å². The highest BCUT2D eigenvalue weighted by Gasteiger charge is 2.16. The van der Waals surface area contributed by atoms with E-state index in [1.165, 1.54) is 29.8 Å². The van der Waals surface area contributed by atoms with Gasteiger partial charge in [-0.15, -0.1) is 0 Å². The second-order valence-electron chi connectivity index (χ2n) is 5.60. The summed E-state index contributed by atoms with van der Waals surface area (Å²) < 4.78 is 19.2. The summed E-state index contributed by atoms with van der Waals surface area (Å²) in [4.78, 5) is 25.2. The van der Waals surface area contributed by atoms with E-state index in [2.05, 4.69) is 20.3 Å². The minimum atomic E-state index is -0.390. The molecule has 0 radical (unpaired) electrons. The van der Waals surface area contributed by atoms with E-state index in [1.54, 1.807) is 13.0 Å². The maximum atomic E-state index is 13.5. The second kappa shape index (κ2) is 7.10. The van der Waals surface area contributed by atoms with E-state index >= 15 is 0 Å². The van der Waals surface area contributed by atoms with Gasteiger partial charge >= 0.3 is 0 Å². The average molecular weight is 360 g/mol. The quantitative estimate of drug-likeness (QED) is 0.659. The molecule has 3 aromatic rings. The number of carbonyl (C=O) groups is 1. The number of Topliss-reactive ketones (excluding diaryl/α,β-unsaturated/α-hetero) is 1. The van der Waals surface area contributed by atoms with E-state index in [-0.39, 0.29) is 11.9 Å². The number of ketones is 1. The summed E-state index contributed by atoms with van der Waals surface area (Å²) in [6, 6.07) is 4.22. The highest BCUT2D eigenvalue weighted by molar-refractivity contribution is 7.20. The van der Waals surface area contributed by atoms with Crippen molar-refractivity contribution in [1.82, 2.24) is 15.0 Å². The Labute approximate surface area is 148 Å². The standard InChI is InChI=1S/C17H17FN4O2S/c1-4-12(23)16-22-14-15(19-8-20-17(14)25-16)21-11-6-5-10(18)7-13(11)24-9(2)3/h5-9H,4H2,1-3H3,(H,19,20,21). The fourth-order valence-corrected chi connectivity index (χ4v) is 3.11. The number of ether oxygens (including phenoxy) is 1. The molecule has 0 aliphatic rings. The number of benzene rings is 1. The van der Waals surface area contributed by atoms with Crippen LogP contribution in [0.25, 0.3) is 10.3 Å². The Kier molecular flexibility index (Phi) is 4.89. The summed E-state index contributed by atoms with van der Waals surface area (Å²) in [5, 5.41) is 3.51. The molecule has 0 aliphatic heterocycles. The van der Waals surface area contributed by atoms with Crippen molar-refractivity contribution in [2.45, 2.75) is 33.3 Å². The predicted octanol–water partition coefficient (Wildman–Crippen LogP) is 4.35. The molecule has 0 spiro atoms. The summed E-state index contributed by atoms with van der Waals surface area (Å²) in [6.45, 7) is 5.51. The average Bonchev–Trinajstić information content (AvgIpc) is 3.01. The number of nitrogens with zero attached hydrogens (tertiary/aromatic N) is 3. The number of rotatable bonds is 6. The molecule has 25 heavy (non-hydrogen) atoms. The van der Waals surface area contributed by atoms with Crippen molar-refractivity contribution in [3.63, 3.8) is 0 Å². The molecule has 0 atom stereocenters. The lowest BCUT2D eigenvalue weighted by Crippen LogP contribution is -2.08. The summed E-state index contributed by atoms with van der Waals surface area (Å²) in [7, 11) is 0. The summed E-state index contributed by atoms with van der Waals surface area (Å²) in [6.07, 6.45) is 1.66. The molecule has 8 heteroatoms. The van der Waals surface area contributed by atoms with Gasteiger partial charge in [0.15, 0.2) is 16.6 Å². The Morgan fingerprint density at radius 2 is 2.16 bits per heavy atom. The number of nitrogens with one attached hydrogen (secondary N) is 1. The molecule has 2 heterocycles. The van der Waals surface area contributed by atoms with E-state index < -0.39 is 5.82 Å². The molecular weight excluding hydrogens is 343 g/mol. The predicted molar refractivity (Wildman–Crippen MR) is 95.3 cm³/mol. The number of carbonyl (C=O) groups excluding carboxylic acids is 1. The molecular formula is C17H17FN4O2S. The lowest BCUT2D eigenvalue weighted by Gasteiger charge is -2.15. The molecule has 2 aromatic heterocycles. The van der Waals surface area contributed by atoms with E-state index in [1.807, 2.05) is 13.8 Å². The Morgan fingerprint density at radius 1 is 1.36 bits per heavy atom. The van der Waals surface area contributed by atoms with E-state index in [0.29, 0.717) is 39.0 Å². The van der Waals surface area contributed by atoms with E-state index in [0.717, 1.165) is 0 Å². The molecule has 0 saturated carbocycles. The van der Waals surface area contributed by atoms with Crippen LogP contribution < -0.4 is 10.1 Å². The van der Waals surface area contributed by atoms with Crippen LogP contribution in [0, 0.1) is 5.82 Å². The van der Waals surface area contributed by atoms with Gasteiger partial charge in [0.05, 0.1) is 11.8 Å². The third-order valence-corrected chi connectivity index (χ3v) is 4.32. The lowest BCUT2D eigenvalue weighted by atomic mass is 10.2. The van der Waals surface area contributed by atoms with Crippen LogP contribution in [0.15, 0.2) is 24.5 Å². The van der Waals surface area contributed by atoms with Crippen LogP contribution in [0.3, 0.4) is 0 Å². The lowest BCUT2D eigenvalue weighted by molar-refractivity contribution is 0.0988. The highest BCUT2D eigenvalue weighted by Crippen LogP contribution is 2.32. The van der Waals surface area contributed by atoms with Gasteiger partial charge in [-0.3, -0.25) is 4.79 Å². The van der Waals surface area contributed by atoms with Crippen LogP contribution in [-0.2, 0) is 0 Å². The molecule has 6 nitrogen and oxygen atoms in total. The fourth-order valence-electron chi connectivity index (χ4n) is 2.19. The molecule has 0 amide bonds. The minimum Gasteiger partial charge on any atom is -0.489 e. The topological polar surface area (TPSA) is 77.0 Å². The first-order chi connectivity index (χ1) is 12.0. The second-order valence-corrected chi connectivity index (χ2v) is 6.58. The molecule has 130 valence electrons. The summed E-state index contributed by atoms with van der Waals surface area (Å²) in [5.41, 5.74) is 1.07. The fraction of sp³-hybridized carbons (Fsp3) is 0.294. The number of aromatic nitrogens is 3. The van der Waals surface area contributed by atoms with Gasteiger partial charge < -0.3 is 10.1 Å². The SMILES string of the molecule is CCC(=O)c1nc2c(Nc3ccc(F)cc3OC(C)C)ncnc2s1. The van der Waals surface area contributed by atoms with Gasteiger partial charge in [0.25, 0.3) is 0 Å². The van der Waals surface area contributed by atoms with Gasteiger partial charge in [-0.2, -0.15) is 0 Å². The summed E-state index contributed by atoms with van der Waals surface area (Å²) >= 11 is 1.23. The first-order valence-electron chi connectivity index (χ1n) is 7.86. The number of hydrogen-bond acceptors (Lipinski definition) is 7. The first-order valence-corrected chi connectivity index (χ1v) is 8.67. The molecule has 0 aliphatic carbocycles. The van der Waals surface area contributed by atoms with Gasteiger partial charge in [-0.25, -0.2) is 19.3 Å². The molecule has 0 saturated heterocycles. The number of hydrogen-bond donors (Lipinski definition) is 1. The number of halogens is 1. The summed E-state index contributed by atoms with van der Waals surface area (Å²) in [5.74, 6) is 0.386. The van der Waals surface area contributed by atoms with Crippen LogP contribution in [0.5, 0.6) is 5.75 Å². The number of thiazole rings is 1. The van der Waals surface area contributed by atoms with Gasteiger partial charge in [-0.1, -0.05) is 18.3 Å². The number of anilines is 2. The zero-order valence-corrected chi connectivity index (χ0v) is 14.9. The zero-order chi connectivity index (χ0) is 18.0. The molecule has 0 bridgehead atoms. The highest BCUT2D eigenvalue weighted by atomic mass is 32.1. The van der Waals surface area contributed by atoms with Gasteiger partial charge in [0.1, 0.15) is 28.2 Å². The monoisotopic (exact) mass is 360 g/mol. The van der Waals surface area contributed by atoms with Crippen LogP contribution in [0.2, 0.25) is 0 Å². The van der Waals surface area contributed by atoms with Crippen LogP contribution >= 0.6 is 11.3 Å². The third kappa shape index (κ3) is 3.74. The molecule has 0 unspecified atom stereocenters. The van der Waals surface area contributed by atoms with Crippen molar-refractivity contribution >= 4 is 39.0 Å². The van der Waals surface area contributed by atoms with Crippen molar-refractivity contribution in [1.29, 1.82) is 0 Å². The number of fused-ring (bicyclic) bond motifs is 1. The molecule has 1 aromatic carbocycles. The Morgan fingerprint density at radius 3 is 2.88 bits per heavy atom. The van der Waals surface area contributed by atoms with Crippen LogP contribution in [0.1, 0.15) is 37.0 Å².